The van der Waals surface area contributed by atoms with Crippen LogP contribution in [0.4, 0.5) is 0 Å². The van der Waals surface area contributed by atoms with E-state index in [1.807, 2.05) is 31.6 Å². The van der Waals surface area contributed by atoms with Crippen molar-refractivity contribution >= 4 is 6.21 Å². The van der Waals surface area contributed by atoms with Gasteiger partial charge < -0.3 is 4.90 Å². The lowest BCUT2D eigenvalue weighted by molar-refractivity contribution is 0.472. The van der Waals surface area contributed by atoms with Crippen molar-refractivity contribution < 1.29 is 0 Å². The summed E-state index contributed by atoms with van der Waals surface area (Å²) in [5.41, 5.74) is 0. The van der Waals surface area contributed by atoms with Gasteiger partial charge in [0.05, 0.1) is 6.04 Å². The average molecular weight is 136 g/mol. The van der Waals surface area contributed by atoms with Crippen LogP contribution in [0.2, 0.25) is 0 Å². The zero-order chi connectivity index (χ0) is 7.40. The third kappa shape index (κ3) is 1.47. The first-order valence-electron chi connectivity index (χ1n) is 3.45. The molecule has 0 spiro atoms. The summed E-state index contributed by atoms with van der Waals surface area (Å²) in [5, 5.41) is 0. The van der Waals surface area contributed by atoms with Crippen molar-refractivity contribution in [2.75, 3.05) is 0 Å². The Balaban J connectivity index is 2.61. The highest BCUT2D eigenvalue weighted by molar-refractivity contribution is 5.66. The predicted molar refractivity (Wildman–Crippen MR) is 43.7 cm³/mol. The summed E-state index contributed by atoms with van der Waals surface area (Å²) in [7, 11) is 0. The summed E-state index contributed by atoms with van der Waals surface area (Å²) in [4.78, 5) is 6.11. The molecule has 10 heavy (non-hydrogen) atoms. The summed E-state index contributed by atoms with van der Waals surface area (Å²) in [6.07, 6.45) is 9.72. The van der Waals surface area contributed by atoms with E-state index in [-0.39, 0.29) is 0 Å². The van der Waals surface area contributed by atoms with Crippen LogP contribution >= 0.6 is 0 Å². The smallest absolute Gasteiger partial charge is 0.0654 e. The molecule has 54 valence electrons. The van der Waals surface area contributed by atoms with Crippen molar-refractivity contribution in [3.8, 4) is 0 Å². The Morgan fingerprint density at radius 2 is 2.40 bits per heavy atom. The fraction of sp³-hybridized carbons (Fsp3) is 0.375. The molecule has 0 saturated carbocycles. The van der Waals surface area contributed by atoms with Crippen molar-refractivity contribution in [2.24, 2.45) is 4.99 Å². The Kier molecular flexibility index (Phi) is 2.26. The SMILES string of the molecule is C/C=C\N1C=CN=CC1C. The van der Waals surface area contributed by atoms with Crippen LogP contribution in [0.3, 0.4) is 0 Å². The molecule has 0 amide bonds. The van der Waals surface area contributed by atoms with Gasteiger partial charge in [-0.25, -0.2) is 0 Å². The zero-order valence-corrected chi connectivity index (χ0v) is 6.36. The van der Waals surface area contributed by atoms with Gasteiger partial charge in [0.2, 0.25) is 0 Å². The fourth-order valence-electron chi connectivity index (χ4n) is 0.860. The van der Waals surface area contributed by atoms with E-state index < -0.39 is 0 Å². The van der Waals surface area contributed by atoms with Gasteiger partial charge in [-0.3, -0.25) is 4.99 Å². The van der Waals surface area contributed by atoms with Crippen LogP contribution in [0.15, 0.2) is 29.7 Å². The summed E-state index contributed by atoms with van der Waals surface area (Å²) in [6.45, 7) is 4.11. The highest BCUT2D eigenvalue weighted by Crippen LogP contribution is 2.03. The molecule has 0 saturated heterocycles. The molecule has 0 N–H and O–H groups in total. The minimum atomic E-state index is 0.390. The third-order valence-electron chi connectivity index (χ3n) is 1.42. The van der Waals surface area contributed by atoms with Crippen molar-refractivity contribution in [1.82, 2.24) is 4.90 Å². The van der Waals surface area contributed by atoms with Crippen molar-refractivity contribution in [3.63, 3.8) is 0 Å². The first-order valence-corrected chi connectivity index (χ1v) is 3.45. The molecular formula is C8H12N2. The maximum Gasteiger partial charge on any atom is 0.0654 e. The second-order valence-electron chi connectivity index (χ2n) is 2.27. The molecule has 2 heteroatoms. The molecule has 1 unspecified atom stereocenters. The van der Waals surface area contributed by atoms with Gasteiger partial charge in [-0.05, 0) is 20.0 Å². The largest absolute Gasteiger partial charge is 0.345 e. The number of nitrogens with zero attached hydrogens (tertiary/aromatic N) is 2. The molecule has 0 aromatic heterocycles. The van der Waals surface area contributed by atoms with Crippen molar-refractivity contribution in [2.45, 2.75) is 19.9 Å². The predicted octanol–water partition coefficient (Wildman–Crippen LogP) is 1.77. The molecule has 1 heterocycles. The Morgan fingerprint density at radius 3 is 3.00 bits per heavy atom. The normalized spacial score (nSPS) is 24.6. The van der Waals surface area contributed by atoms with Crippen LogP contribution in [-0.2, 0) is 0 Å². The number of hydrogen-bond acceptors (Lipinski definition) is 2. The average Bonchev–Trinajstić information content (AvgIpc) is 1.94. The third-order valence-corrected chi connectivity index (χ3v) is 1.42. The maximum atomic E-state index is 4.01. The van der Waals surface area contributed by atoms with Crippen molar-refractivity contribution in [3.05, 3.63) is 24.7 Å². The molecule has 1 aliphatic rings. The van der Waals surface area contributed by atoms with Crippen LogP contribution in [-0.4, -0.2) is 17.2 Å². The Morgan fingerprint density at radius 1 is 1.60 bits per heavy atom. The Labute approximate surface area is 61.6 Å². The van der Waals surface area contributed by atoms with Crippen LogP contribution in [0.1, 0.15) is 13.8 Å². The molecule has 2 nitrogen and oxygen atoms in total. The topological polar surface area (TPSA) is 15.6 Å². The number of aliphatic imine (C=N–C) groups is 1. The molecule has 1 aliphatic heterocycles. The lowest BCUT2D eigenvalue weighted by Gasteiger charge is -2.21. The molecular weight excluding hydrogens is 124 g/mol. The second-order valence-corrected chi connectivity index (χ2v) is 2.27. The molecule has 0 aromatic carbocycles. The summed E-state index contributed by atoms with van der Waals surface area (Å²) in [6, 6.07) is 0.390. The first-order chi connectivity index (χ1) is 4.84. The van der Waals surface area contributed by atoms with Crippen LogP contribution in [0, 0.1) is 0 Å². The van der Waals surface area contributed by atoms with Crippen molar-refractivity contribution in [1.29, 1.82) is 0 Å². The molecule has 0 radical (unpaired) electrons. The number of rotatable bonds is 1. The van der Waals surface area contributed by atoms with Crippen LogP contribution in [0.5, 0.6) is 0 Å². The Bertz CT molecular complexity index is 180. The minimum absolute atomic E-state index is 0.390. The number of allylic oxidation sites excluding steroid dienone is 1. The van der Waals surface area contributed by atoms with E-state index in [9.17, 15) is 0 Å². The summed E-state index contributed by atoms with van der Waals surface area (Å²) >= 11 is 0. The summed E-state index contributed by atoms with van der Waals surface area (Å²) in [5.74, 6) is 0. The maximum absolute atomic E-state index is 4.01. The van der Waals surface area contributed by atoms with Gasteiger partial charge in [0.1, 0.15) is 0 Å². The highest BCUT2D eigenvalue weighted by Gasteiger charge is 2.04. The van der Waals surface area contributed by atoms with Gasteiger partial charge in [0.25, 0.3) is 0 Å². The monoisotopic (exact) mass is 136 g/mol. The van der Waals surface area contributed by atoms with Gasteiger partial charge in [-0.15, -0.1) is 0 Å². The molecule has 0 aromatic rings. The van der Waals surface area contributed by atoms with E-state index in [1.54, 1.807) is 6.20 Å². The van der Waals surface area contributed by atoms with Gasteiger partial charge >= 0.3 is 0 Å². The standard InChI is InChI=1S/C8H12N2/c1-3-5-10-6-4-9-7-8(10)2/h3-8H,1-2H3/b5-3-. The molecule has 0 aliphatic carbocycles. The lowest BCUT2D eigenvalue weighted by Crippen LogP contribution is -2.25. The lowest BCUT2D eigenvalue weighted by atomic mass is 10.3. The van der Waals surface area contributed by atoms with E-state index in [2.05, 4.69) is 16.8 Å². The van der Waals surface area contributed by atoms with Gasteiger partial charge in [-0.1, -0.05) is 6.08 Å². The van der Waals surface area contributed by atoms with E-state index in [0.717, 1.165) is 0 Å². The molecule has 0 fully saturated rings. The van der Waals surface area contributed by atoms with Gasteiger partial charge in [0, 0.05) is 18.6 Å². The van der Waals surface area contributed by atoms with Gasteiger partial charge in [-0.2, -0.15) is 0 Å². The fourth-order valence-corrected chi connectivity index (χ4v) is 0.860. The van der Waals surface area contributed by atoms with E-state index in [1.165, 1.54) is 0 Å². The molecule has 1 atom stereocenters. The molecule has 1 rings (SSSR count). The minimum Gasteiger partial charge on any atom is -0.345 e. The van der Waals surface area contributed by atoms with Crippen LogP contribution < -0.4 is 0 Å². The van der Waals surface area contributed by atoms with Crippen LogP contribution in [0.25, 0.3) is 0 Å². The van der Waals surface area contributed by atoms with E-state index in [0.29, 0.717) is 6.04 Å². The second kappa shape index (κ2) is 3.20. The first kappa shape index (κ1) is 7.06. The highest BCUT2D eigenvalue weighted by atomic mass is 15.1. The number of hydrogen-bond donors (Lipinski definition) is 0. The van der Waals surface area contributed by atoms with Gasteiger partial charge in [0.15, 0.2) is 0 Å². The van der Waals surface area contributed by atoms with E-state index in [4.69, 9.17) is 0 Å². The summed E-state index contributed by atoms with van der Waals surface area (Å²) < 4.78 is 0. The zero-order valence-electron chi connectivity index (χ0n) is 6.36. The van der Waals surface area contributed by atoms with E-state index >= 15 is 0 Å². The quantitative estimate of drug-likeness (QED) is 0.536. The molecule has 0 bridgehead atoms. The Hall–Kier alpha value is -1.05.